The lowest BCUT2D eigenvalue weighted by molar-refractivity contribution is 0.622. The second-order valence-electron chi connectivity index (χ2n) is 2.58. The highest BCUT2D eigenvalue weighted by atomic mass is 35.5. The molecule has 15 heavy (non-hydrogen) atoms. The molecule has 2 rings (SSSR count). The molecule has 2 heterocycles. The fourth-order valence-corrected chi connectivity index (χ4v) is 3.30. The van der Waals surface area contributed by atoms with E-state index in [0.29, 0.717) is 15.7 Å². The first-order chi connectivity index (χ1) is 7.20. The Morgan fingerprint density at radius 3 is 2.87 bits per heavy atom. The van der Waals surface area contributed by atoms with Crippen molar-refractivity contribution in [1.29, 1.82) is 0 Å². The quantitative estimate of drug-likeness (QED) is 0.666. The Morgan fingerprint density at radius 1 is 1.47 bits per heavy atom. The van der Waals surface area contributed by atoms with Gasteiger partial charge in [0.15, 0.2) is 5.15 Å². The Hall–Kier alpha value is -0.300. The van der Waals surface area contributed by atoms with Gasteiger partial charge in [-0.05, 0) is 16.9 Å². The largest absolute Gasteiger partial charge is 0.261 e. The predicted octanol–water partition coefficient (Wildman–Crippen LogP) is 3.93. The van der Waals surface area contributed by atoms with E-state index in [2.05, 4.69) is 21.6 Å². The molecule has 0 N–H and O–H groups in total. The average Bonchev–Trinajstić information content (AvgIpc) is 2.60. The molecule has 0 bridgehead atoms. The van der Waals surface area contributed by atoms with Crippen LogP contribution in [-0.2, 0) is 0 Å². The van der Waals surface area contributed by atoms with Crippen LogP contribution in [0.3, 0.4) is 0 Å². The highest BCUT2D eigenvalue weighted by molar-refractivity contribution is 8.69. The monoisotopic (exact) mass is 278 g/mol. The van der Waals surface area contributed by atoms with E-state index < -0.39 is 0 Å². The molecule has 0 aliphatic heterocycles. The number of hydrogen-bond donors (Lipinski definition) is 1. The van der Waals surface area contributed by atoms with Crippen molar-refractivity contribution in [3.8, 4) is 10.6 Å². The van der Waals surface area contributed by atoms with Gasteiger partial charge in [0.2, 0.25) is 0 Å². The van der Waals surface area contributed by atoms with Crippen LogP contribution in [0.5, 0.6) is 0 Å². The molecular weight excluding hydrogens is 275 g/mol. The van der Waals surface area contributed by atoms with Gasteiger partial charge in [-0.25, -0.2) is 9.37 Å². The molecule has 2 aromatic rings. The standard InChI is InChI=1S/C8H4ClFN2S3/c9-6-8(15-13)14-7(12-6)4-1-5(10)3-11-2-4/h1-3,13H. The number of aromatic nitrogens is 2. The smallest absolute Gasteiger partial charge is 0.155 e. The number of nitrogens with zero attached hydrogens (tertiary/aromatic N) is 2. The molecule has 2 aromatic heterocycles. The van der Waals surface area contributed by atoms with Gasteiger partial charge in [0.1, 0.15) is 15.0 Å². The van der Waals surface area contributed by atoms with Gasteiger partial charge in [-0.3, -0.25) is 4.98 Å². The zero-order valence-corrected chi connectivity index (χ0v) is 10.4. The molecule has 78 valence electrons. The van der Waals surface area contributed by atoms with Crippen molar-refractivity contribution in [2.24, 2.45) is 0 Å². The van der Waals surface area contributed by atoms with E-state index >= 15 is 0 Å². The molecule has 0 fully saturated rings. The molecule has 0 spiro atoms. The average molecular weight is 279 g/mol. The van der Waals surface area contributed by atoms with Crippen LogP contribution < -0.4 is 0 Å². The first kappa shape index (κ1) is 11.2. The van der Waals surface area contributed by atoms with E-state index in [0.717, 1.165) is 10.4 Å². The molecule has 0 aliphatic carbocycles. The van der Waals surface area contributed by atoms with Crippen LogP contribution >= 0.6 is 45.4 Å². The normalized spacial score (nSPS) is 10.6. The summed E-state index contributed by atoms with van der Waals surface area (Å²) in [7, 11) is 1.22. The van der Waals surface area contributed by atoms with E-state index in [1.165, 1.54) is 28.2 Å². The summed E-state index contributed by atoms with van der Waals surface area (Å²) in [6, 6.07) is 1.37. The van der Waals surface area contributed by atoms with E-state index in [-0.39, 0.29) is 5.82 Å². The van der Waals surface area contributed by atoms with Crippen LogP contribution in [0.2, 0.25) is 5.15 Å². The topological polar surface area (TPSA) is 25.8 Å². The molecule has 0 saturated carbocycles. The van der Waals surface area contributed by atoms with Gasteiger partial charge >= 0.3 is 0 Å². The van der Waals surface area contributed by atoms with Crippen molar-refractivity contribution in [3.05, 3.63) is 29.4 Å². The Labute approximate surface area is 104 Å². The Kier molecular flexibility index (Phi) is 3.50. The molecule has 0 aromatic carbocycles. The minimum absolute atomic E-state index is 0.388. The number of thiol groups is 1. The van der Waals surface area contributed by atoms with Crippen molar-refractivity contribution in [1.82, 2.24) is 9.97 Å². The van der Waals surface area contributed by atoms with Gasteiger partial charge < -0.3 is 0 Å². The zero-order valence-electron chi connectivity index (χ0n) is 7.15. The van der Waals surface area contributed by atoms with Crippen LogP contribution in [0.15, 0.2) is 22.7 Å². The minimum atomic E-state index is -0.390. The summed E-state index contributed by atoms with van der Waals surface area (Å²) in [5.74, 6) is -0.390. The summed E-state index contributed by atoms with van der Waals surface area (Å²) in [5, 5.41) is 1.03. The van der Waals surface area contributed by atoms with E-state index in [4.69, 9.17) is 11.6 Å². The minimum Gasteiger partial charge on any atom is -0.261 e. The van der Waals surface area contributed by atoms with Crippen molar-refractivity contribution >= 4 is 45.4 Å². The summed E-state index contributed by atoms with van der Waals surface area (Å²) >= 11 is 11.2. The summed E-state index contributed by atoms with van der Waals surface area (Å²) < 4.78 is 13.7. The Balaban J connectivity index is 2.45. The van der Waals surface area contributed by atoms with Gasteiger partial charge in [0.25, 0.3) is 0 Å². The SMILES string of the molecule is Fc1cncc(-c2nc(Cl)c(SS)s2)c1. The van der Waals surface area contributed by atoms with Gasteiger partial charge in [-0.1, -0.05) is 11.6 Å². The number of thiazole rings is 1. The lowest BCUT2D eigenvalue weighted by Gasteiger charge is -1.93. The predicted molar refractivity (Wildman–Crippen MR) is 65.2 cm³/mol. The van der Waals surface area contributed by atoms with Crippen molar-refractivity contribution < 1.29 is 4.39 Å². The lowest BCUT2D eigenvalue weighted by Crippen LogP contribution is -1.81. The Morgan fingerprint density at radius 2 is 2.27 bits per heavy atom. The fraction of sp³-hybridized carbons (Fsp3) is 0. The molecule has 0 atom stereocenters. The molecule has 7 heteroatoms. The third-order valence-electron chi connectivity index (χ3n) is 1.59. The number of hydrogen-bond acceptors (Lipinski definition) is 5. The molecule has 0 aliphatic rings. The second kappa shape index (κ2) is 4.69. The van der Waals surface area contributed by atoms with Crippen LogP contribution in [0, 0.1) is 5.82 Å². The number of pyridine rings is 1. The van der Waals surface area contributed by atoms with Gasteiger partial charge in [-0.2, -0.15) is 0 Å². The first-order valence-electron chi connectivity index (χ1n) is 3.79. The van der Waals surface area contributed by atoms with Crippen molar-refractivity contribution in [3.63, 3.8) is 0 Å². The maximum Gasteiger partial charge on any atom is 0.155 e. The molecule has 2 nitrogen and oxygen atoms in total. The summed E-state index contributed by atoms with van der Waals surface area (Å²) in [5.41, 5.74) is 0.621. The highest BCUT2D eigenvalue weighted by Crippen LogP contribution is 2.38. The first-order valence-corrected chi connectivity index (χ1v) is 6.85. The molecule has 0 saturated heterocycles. The van der Waals surface area contributed by atoms with Crippen LogP contribution in [0.1, 0.15) is 0 Å². The van der Waals surface area contributed by atoms with Crippen LogP contribution in [0.25, 0.3) is 10.6 Å². The maximum absolute atomic E-state index is 12.9. The van der Waals surface area contributed by atoms with Gasteiger partial charge in [0.05, 0.1) is 6.20 Å². The fourth-order valence-electron chi connectivity index (χ4n) is 0.996. The van der Waals surface area contributed by atoms with E-state index in [1.54, 1.807) is 6.20 Å². The third-order valence-corrected chi connectivity index (χ3v) is 4.77. The lowest BCUT2D eigenvalue weighted by atomic mass is 10.3. The summed E-state index contributed by atoms with van der Waals surface area (Å²) in [6.07, 6.45) is 2.69. The molecular formula is C8H4ClFN2S3. The number of rotatable bonds is 2. The summed E-state index contributed by atoms with van der Waals surface area (Å²) in [4.78, 5) is 7.85. The Bertz CT molecular complexity index is 488. The van der Waals surface area contributed by atoms with Crippen LogP contribution in [0.4, 0.5) is 4.39 Å². The van der Waals surface area contributed by atoms with Crippen molar-refractivity contribution in [2.45, 2.75) is 4.21 Å². The summed E-state index contributed by atoms with van der Waals surface area (Å²) in [6.45, 7) is 0. The highest BCUT2D eigenvalue weighted by Gasteiger charge is 2.11. The zero-order chi connectivity index (χ0) is 10.8. The second-order valence-corrected chi connectivity index (χ2v) is 5.33. The van der Waals surface area contributed by atoms with E-state index in [1.807, 2.05) is 0 Å². The molecule has 0 amide bonds. The third kappa shape index (κ3) is 2.44. The van der Waals surface area contributed by atoms with Crippen LogP contribution in [-0.4, -0.2) is 9.97 Å². The maximum atomic E-state index is 12.9. The number of halogens is 2. The molecule has 0 radical (unpaired) electrons. The van der Waals surface area contributed by atoms with Crippen molar-refractivity contribution in [2.75, 3.05) is 0 Å². The van der Waals surface area contributed by atoms with Gasteiger partial charge in [-0.15, -0.1) is 23.0 Å². The van der Waals surface area contributed by atoms with E-state index in [9.17, 15) is 4.39 Å². The molecule has 0 unspecified atom stereocenters. The van der Waals surface area contributed by atoms with Gasteiger partial charge in [0, 0.05) is 11.8 Å².